The summed E-state index contributed by atoms with van der Waals surface area (Å²) in [6.45, 7) is 0. The van der Waals surface area contributed by atoms with Gasteiger partial charge in [-0.2, -0.15) is 0 Å². The molecule has 0 fully saturated rings. The Kier molecular flexibility index (Phi) is 5.31. The topological polar surface area (TPSA) is 12.9 Å². The Hall–Kier alpha value is -1.46. The molecule has 0 N–H and O–H groups in total. The van der Waals surface area contributed by atoms with E-state index in [2.05, 4.69) is 29.2 Å². The zero-order chi connectivity index (χ0) is 13.8. The van der Waals surface area contributed by atoms with Crippen molar-refractivity contribution in [3.63, 3.8) is 0 Å². The smallest absolute Gasteiger partial charge is 0.770 e. The van der Waals surface area contributed by atoms with E-state index < -0.39 is 4.75 Å². The quantitative estimate of drug-likeness (QED) is 0.524. The van der Waals surface area contributed by atoms with Crippen LogP contribution in [0.1, 0.15) is 16.8 Å². The van der Waals surface area contributed by atoms with Crippen LogP contribution in [-0.2, 0) is 17.4 Å². The molecule has 21 heavy (non-hydrogen) atoms. The average Bonchev–Trinajstić information content (AvgIpc) is 2.56. The first-order chi connectivity index (χ1) is 9.82. The maximum atomic E-state index is 6.04. The van der Waals surface area contributed by atoms with Crippen LogP contribution in [0.3, 0.4) is 0 Å². The number of hydrogen-bond donors (Lipinski definition) is 0. The molecule has 0 saturated carbocycles. The van der Waals surface area contributed by atoms with Crippen LogP contribution in [0.15, 0.2) is 85.1 Å². The van der Waals surface area contributed by atoms with Gasteiger partial charge in [-0.15, -0.1) is 0 Å². The first-order valence-corrected chi connectivity index (χ1v) is 6.95. The number of hydrogen-bond acceptors (Lipinski definition) is 2. The van der Waals surface area contributed by atoms with E-state index >= 15 is 0 Å². The van der Waals surface area contributed by atoms with Gasteiger partial charge in [0.25, 0.3) is 0 Å². The van der Waals surface area contributed by atoms with Crippen molar-refractivity contribution in [3.05, 3.63) is 102 Å². The van der Waals surface area contributed by atoms with Crippen molar-refractivity contribution in [2.24, 2.45) is 0 Å². The van der Waals surface area contributed by atoms with Gasteiger partial charge in [-0.05, 0) is 12.1 Å². The number of nitrogens with zero attached hydrogens (tertiary/aromatic N) is 1. The van der Waals surface area contributed by atoms with Gasteiger partial charge in [0, 0.05) is 11.9 Å². The number of benzene rings is 2. The summed E-state index contributed by atoms with van der Waals surface area (Å²) in [5, 5.41) is 0. The third kappa shape index (κ3) is 3.09. The molecule has 0 radical (unpaired) electrons. The van der Waals surface area contributed by atoms with E-state index in [1.807, 2.05) is 54.6 Å². The molecule has 3 heteroatoms. The molecule has 3 rings (SSSR count). The van der Waals surface area contributed by atoms with E-state index in [4.69, 9.17) is 12.6 Å². The van der Waals surface area contributed by atoms with E-state index in [0.717, 1.165) is 16.8 Å². The van der Waals surface area contributed by atoms with E-state index in [1.165, 1.54) is 0 Å². The monoisotopic (exact) mass is 283 g/mol. The van der Waals surface area contributed by atoms with E-state index in [0.29, 0.717) is 0 Å². The molecule has 0 atom stereocenters. The molecular weight excluding hydrogens is 269 g/mol. The Morgan fingerprint density at radius 1 is 0.667 bits per heavy atom. The Labute approximate surface area is 143 Å². The third-order valence-corrected chi connectivity index (χ3v) is 4.07. The van der Waals surface area contributed by atoms with Crippen molar-refractivity contribution >= 4 is 12.6 Å². The van der Waals surface area contributed by atoms with Crippen molar-refractivity contribution in [1.29, 1.82) is 0 Å². The average molecular weight is 283 g/mol. The fourth-order valence-corrected chi connectivity index (χ4v) is 2.77. The molecule has 0 aliphatic carbocycles. The van der Waals surface area contributed by atoms with Gasteiger partial charge >= 0.3 is 18.9 Å². The minimum Gasteiger partial charge on any atom is -0.770 e. The second kappa shape index (κ2) is 7.00. The van der Waals surface area contributed by atoms with Gasteiger partial charge in [-0.1, -0.05) is 82.6 Å². The third-order valence-electron chi connectivity index (χ3n) is 3.39. The Morgan fingerprint density at radius 3 is 1.57 bits per heavy atom. The zero-order valence-corrected chi connectivity index (χ0v) is 12.8. The standard InChI is InChI=1S/C18H15NS.Li/c20-18(15-9-3-1-4-10-15,16-11-5-2-6-12-16)17-13-7-8-14-19-17;/h1-14,20H;/q;+1/p-1. The number of rotatable bonds is 3. The maximum Gasteiger partial charge on any atom is 1.00 e. The molecule has 2 aromatic carbocycles. The molecule has 0 aliphatic heterocycles. The van der Waals surface area contributed by atoms with E-state index in [1.54, 1.807) is 6.20 Å². The Morgan fingerprint density at radius 2 is 1.14 bits per heavy atom. The summed E-state index contributed by atoms with van der Waals surface area (Å²) in [6.07, 6.45) is 1.79. The van der Waals surface area contributed by atoms with Crippen LogP contribution >= 0.6 is 0 Å². The first kappa shape index (κ1) is 15.9. The van der Waals surface area contributed by atoms with Crippen LogP contribution in [-0.4, -0.2) is 4.98 Å². The fourth-order valence-electron chi connectivity index (χ4n) is 2.38. The van der Waals surface area contributed by atoms with Crippen LogP contribution < -0.4 is 18.9 Å². The Balaban J connectivity index is 0.00000161. The van der Waals surface area contributed by atoms with Gasteiger partial charge in [0.2, 0.25) is 0 Å². The van der Waals surface area contributed by atoms with Crippen molar-refractivity contribution < 1.29 is 18.9 Å². The summed E-state index contributed by atoms with van der Waals surface area (Å²) in [7, 11) is 0. The van der Waals surface area contributed by atoms with Crippen LogP contribution in [0.4, 0.5) is 0 Å². The molecular formula is C18H14LiNS. The van der Waals surface area contributed by atoms with E-state index in [-0.39, 0.29) is 18.9 Å². The molecule has 0 amide bonds. The second-order valence-corrected chi connectivity index (χ2v) is 5.24. The molecule has 98 valence electrons. The normalized spacial score (nSPS) is 10.7. The Bertz CT molecular complexity index is 575. The molecule has 0 saturated heterocycles. The van der Waals surface area contributed by atoms with Gasteiger partial charge in [0.05, 0.1) is 0 Å². The number of aromatic nitrogens is 1. The van der Waals surface area contributed by atoms with Crippen LogP contribution in [0.25, 0.3) is 0 Å². The summed E-state index contributed by atoms with van der Waals surface area (Å²) in [4.78, 5) is 4.50. The van der Waals surface area contributed by atoms with Gasteiger partial charge in [-0.25, -0.2) is 0 Å². The van der Waals surface area contributed by atoms with Gasteiger partial charge < -0.3 is 12.6 Å². The van der Waals surface area contributed by atoms with Crippen LogP contribution in [0.5, 0.6) is 0 Å². The minimum absolute atomic E-state index is 0. The molecule has 0 unspecified atom stereocenters. The first-order valence-electron chi connectivity index (χ1n) is 6.55. The van der Waals surface area contributed by atoms with Gasteiger partial charge in [0.1, 0.15) is 0 Å². The summed E-state index contributed by atoms with van der Waals surface area (Å²) in [5.74, 6) is 0. The van der Waals surface area contributed by atoms with Gasteiger partial charge in [0.15, 0.2) is 0 Å². The van der Waals surface area contributed by atoms with Crippen molar-refractivity contribution in [1.82, 2.24) is 4.98 Å². The molecule has 3 aromatic rings. The van der Waals surface area contributed by atoms with E-state index in [9.17, 15) is 0 Å². The van der Waals surface area contributed by atoms with Crippen molar-refractivity contribution in [2.45, 2.75) is 4.75 Å². The summed E-state index contributed by atoms with van der Waals surface area (Å²) >= 11 is 6.04. The fraction of sp³-hybridized carbons (Fsp3) is 0.0556. The molecule has 1 nitrogen and oxygen atoms in total. The molecule has 0 bridgehead atoms. The van der Waals surface area contributed by atoms with Crippen LogP contribution in [0, 0.1) is 0 Å². The second-order valence-electron chi connectivity index (χ2n) is 4.63. The zero-order valence-electron chi connectivity index (χ0n) is 11.9. The predicted octanol–water partition coefficient (Wildman–Crippen LogP) is 0.924. The number of pyridine rings is 1. The minimum atomic E-state index is -0.649. The van der Waals surface area contributed by atoms with Gasteiger partial charge in [-0.3, -0.25) is 4.98 Å². The van der Waals surface area contributed by atoms with Crippen molar-refractivity contribution in [3.8, 4) is 0 Å². The summed E-state index contributed by atoms with van der Waals surface area (Å²) < 4.78 is -0.649. The largest absolute Gasteiger partial charge is 1.00 e. The maximum absolute atomic E-state index is 6.04. The molecule has 1 aromatic heterocycles. The van der Waals surface area contributed by atoms with Crippen LogP contribution in [0.2, 0.25) is 0 Å². The summed E-state index contributed by atoms with van der Waals surface area (Å²) in [5.41, 5.74) is 3.02. The van der Waals surface area contributed by atoms with Crippen molar-refractivity contribution in [2.75, 3.05) is 0 Å². The molecule has 1 heterocycles. The molecule has 0 aliphatic rings. The predicted molar refractivity (Wildman–Crippen MR) is 84.4 cm³/mol. The molecule has 0 spiro atoms. The SMILES string of the molecule is [Li+].[S-]C(c1ccccc1)(c1ccccc1)c1ccccn1. The summed E-state index contributed by atoms with van der Waals surface area (Å²) in [6, 6.07) is 26.2.